The van der Waals surface area contributed by atoms with E-state index in [2.05, 4.69) is 77.0 Å². The number of esters is 1. The van der Waals surface area contributed by atoms with Crippen molar-refractivity contribution in [3.8, 4) is 22.3 Å². The molecule has 7 heteroatoms. The maximum atomic E-state index is 13.1. The Morgan fingerprint density at radius 1 is 0.921 bits per heavy atom. The van der Waals surface area contributed by atoms with Gasteiger partial charge in [-0.15, -0.1) is 22.7 Å². The molecule has 192 valence electrons. The van der Waals surface area contributed by atoms with E-state index in [0.717, 1.165) is 50.3 Å². The zero-order chi connectivity index (χ0) is 26.2. The van der Waals surface area contributed by atoms with Crippen LogP contribution in [-0.2, 0) is 17.6 Å². The summed E-state index contributed by atoms with van der Waals surface area (Å²) >= 11 is 3.09. The first-order valence-corrected chi connectivity index (χ1v) is 14.7. The molecule has 1 N–H and O–H groups in total. The molecular weight excluding hydrogens is 510 g/mol. The molecule has 0 saturated carbocycles. The number of nitrogens with zero attached hydrogens (tertiary/aromatic N) is 2. The molecule has 0 radical (unpaired) electrons. The predicted octanol–water partition coefficient (Wildman–Crippen LogP) is 8.62. The van der Waals surface area contributed by atoms with Gasteiger partial charge in [-0.1, -0.05) is 56.3 Å². The van der Waals surface area contributed by atoms with Gasteiger partial charge in [0.1, 0.15) is 27.5 Å². The fourth-order valence-electron chi connectivity index (χ4n) is 5.21. The maximum absolute atomic E-state index is 13.1. The highest BCUT2D eigenvalue weighted by molar-refractivity contribution is 7.17. The Morgan fingerprint density at radius 2 is 1.66 bits per heavy atom. The second-order valence-corrected chi connectivity index (χ2v) is 11.7. The zero-order valence-electron chi connectivity index (χ0n) is 21.7. The number of benzene rings is 2. The third-order valence-corrected chi connectivity index (χ3v) is 9.11. The number of aromatic nitrogens is 2. The number of thiophene rings is 2. The summed E-state index contributed by atoms with van der Waals surface area (Å²) in [4.78, 5) is 23.1. The van der Waals surface area contributed by atoms with Gasteiger partial charge in [0, 0.05) is 21.9 Å². The standard InChI is InChI=1S/C31H29N3O2S2/c1-18(2)19-8-11-21(12-9-19)24-15-37-29-26(24)28(32-17-33-29)34-30-27(31(35)36-3)25(16-38-30)23-13-10-20-6-4-5-7-22(20)14-23/h8-18H,4-7H2,1-3H3,(H,32,33,34). The molecule has 0 aliphatic heterocycles. The van der Waals surface area contributed by atoms with Gasteiger partial charge in [-0.2, -0.15) is 0 Å². The van der Waals surface area contributed by atoms with E-state index >= 15 is 0 Å². The van der Waals surface area contributed by atoms with E-state index < -0.39 is 0 Å². The van der Waals surface area contributed by atoms with Crippen molar-refractivity contribution in [2.24, 2.45) is 0 Å². The highest BCUT2D eigenvalue weighted by Crippen LogP contribution is 2.42. The number of hydrogen-bond acceptors (Lipinski definition) is 7. The molecule has 0 bridgehead atoms. The second-order valence-electron chi connectivity index (χ2n) is 9.99. The number of nitrogens with one attached hydrogen (secondary N) is 1. The number of anilines is 2. The highest BCUT2D eigenvalue weighted by Gasteiger charge is 2.24. The van der Waals surface area contributed by atoms with Gasteiger partial charge in [-0.3, -0.25) is 0 Å². The molecule has 0 atom stereocenters. The summed E-state index contributed by atoms with van der Waals surface area (Å²) in [5.74, 6) is 0.800. The molecule has 0 unspecified atom stereocenters. The largest absolute Gasteiger partial charge is 0.465 e. The van der Waals surface area contributed by atoms with Crippen LogP contribution in [0.4, 0.5) is 10.8 Å². The number of carbonyl (C=O) groups is 1. The van der Waals surface area contributed by atoms with E-state index in [1.54, 1.807) is 17.7 Å². The average Bonchev–Trinajstić information content (AvgIpc) is 3.57. The van der Waals surface area contributed by atoms with Crippen LogP contribution in [0.1, 0.15) is 59.7 Å². The lowest BCUT2D eigenvalue weighted by molar-refractivity contribution is 0.0603. The normalized spacial score (nSPS) is 13.1. The van der Waals surface area contributed by atoms with E-state index in [4.69, 9.17) is 4.74 Å². The molecule has 5 nitrogen and oxygen atoms in total. The molecule has 0 fully saturated rings. The van der Waals surface area contributed by atoms with Crippen LogP contribution in [-0.4, -0.2) is 23.0 Å². The monoisotopic (exact) mass is 539 g/mol. The molecular formula is C31H29N3O2S2. The third kappa shape index (κ3) is 4.50. The number of carbonyl (C=O) groups excluding carboxylic acids is 1. The Morgan fingerprint density at radius 3 is 2.42 bits per heavy atom. The van der Waals surface area contributed by atoms with Crippen molar-refractivity contribution in [2.75, 3.05) is 12.4 Å². The quantitative estimate of drug-likeness (QED) is 0.219. The van der Waals surface area contributed by atoms with Gasteiger partial charge in [0.2, 0.25) is 0 Å². The van der Waals surface area contributed by atoms with Crippen LogP contribution in [0.15, 0.2) is 59.6 Å². The summed E-state index contributed by atoms with van der Waals surface area (Å²) in [6.45, 7) is 4.40. The van der Waals surface area contributed by atoms with Crippen LogP contribution in [0, 0.1) is 0 Å². The first-order chi connectivity index (χ1) is 18.5. The van der Waals surface area contributed by atoms with Crippen LogP contribution in [0.25, 0.3) is 32.5 Å². The Balaban J connectivity index is 1.42. The number of aryl methyl sites for hydroxylation is 2. The SMILES string of the molecule is COC(=O)c1c(-c2ccc3c(c2)CCCC3)csc1Nc1ncnc2scc(-c3ccc(C(C)C)cc3)c12. The van der Waals surface area contributed by atoms with Gasteiger partial charge >= 0.3 is 5.97 Å². The molecule has 0 amide bonds. The molecule has 1 aliphatic carbocycles. The van der Waals surface area contributed by atoms with E-state index in [1.807, 2.05) is 5.38 Å². The summed E-state index contributed by atoms with van der Waals surface area (Å²) in [5.41, 5.74) is 8.78. The number of rotatable bonds is 6. The molecule has 6 rings (SSSR count). The van der Waals surface area contributed by atoms with Gasteiger partial charge in [-0.25, -0.2) is 14.8 Å². The molecule has 5 aromatic rings. The van der Waals surface area contributed by atoms with Crippen LogP contribution in [0.2, 0.25) is 0 Å². The number of hydrogen-bond donors (Lipinski definition) is 1. The van der Waals surface area contributed by atoms with Crippen molar-refractivity contribution in [3.05, 3.63) is 81.8 Å². The summed E-state index contributed by atoms with van der Waals surface area (Å²) < 4.78 is 5.24. The minimum Gasteiger partial charge on any atom is -0.465 e. The van der Waals surface area contributed by atoms with Crippen molar-refractivity contribution >= 4 is 49.7 Å². The number of methoxy groups -OCH3 is 1. The van der Waals surface area contributed by atoms with Gasteiger partial charge in [0.05, 0.1) is 12.5 Å². The lowest BCUT2D eigenvalue weighted by atomic mass is 9.89. The van der Waals surface area contributed by atoms with Gasteiger partial charge < -0.3 is 10.1 Å². The third-order valence-electron chi connectivity index (χ3n) is 7.33. The molecule has 0 saturated heterocycles. The molecule has 2 aromatic carbocycles. The van der Waals surface area contributed by atoms with Crippen molar-refractivity contribution in [1.29, 1.82) is 0 Å². The summed E-state index contributed by atoms with van der Waals surface area (Å²) in [7, 11) is 1.43. The Kier molecular flexibility index (Phi) is 6.72. The predicted molar refractivity (Wildman–Crippen MR) is 158 cm³/mol. The van der Waals surface area contributed by atoms with Gasteiger partial charge in [0.25, 0.3) is 0 Å². The minimum atomic E-state index is -0.360. The van der Waals surface area contributed by atoms with Crippen molar-refractivity contribution in [1.82, 2.24) is 9.97 Å². The molecule has 0 spiro atoms. The Bertz CT molecular complexity index is 1630. The van der Waals surface area contributed by atoms with Crippen LogP contribution in [0.5, 0.6) is 0 Å². The lowest BCUT2D eigenvalue weighted by Crippen LogP contribution is -2.06. The first kappa shape index (κ1) is 24.8. The topological polar surface area (TPSA) is 64.1 Å². The fourth-order valence-corrected chi connectivity index (χ4v) is 7.08. The van der Waals surface area contributed by atoms with E-state index in [9.17, 15) is 4.79 Å². The van der Waals surface area contributed by atoms with Crippen LogP contribution < -0.4 is 5.32 Å². The van der Waals surface area contributed by atoms with Gasteiger partial charge in [0.15, 0.2) is 0 Å². The first-order valence-electron chi connectivity index (χ1n) is 12.9. The van der Waals surface area contributed by atoms with Crippen LogP contribution >= 0.6 is 22.7 Å². The number of fused-ring (bicyclic) bond motifs is 2. The highest BCUT2D eigenvalue weighted by atomic mass is 32.1. The molecule has 1 aliphatic rings. The smallest absolute Gasteiger partial charge is 0.341 e. The fraction of sp³-hybridized carbons (Fsp3) is 0.258. The number of ether oxygens (including phenoxy) is 1. The zero-order valence-corrected chi connectivity index (χ0v) is 23.3. The van der Waals surface area contributed by atoms with Gasteiger partial charge in [-0.05, 0) is 59.4 Å². The van der Waals surface area contributed by atoms with E-state index in [-0.39, 0.29) is 5.97 Å². The van der Waals surface area contributed by atoms with E-state index in [0.29, 0.717) is 17.3 Å². The van der Waals surface area contributed by atoms with Crippen molar-refractivity contribution in [3.63, 3.8) is 0 Å². The summed E-state index contributed by atoms with van der Waals surface area (Å²) in [6, 6.07) is 15.3. The van der Waals surface area contributed by atoms with Crippen molar-refractivity contribution < 1.29 is 9.53 Å². The molecule has 3 heterocycles. The van der Waals surface area contributed by atoms with E-state index in [1.165, 1.54) is 48.0 Å². The molecule has 3 aromatic heterocycles. The maximum Gasteiger partial charge on any atom is 0.341 e. The Labute approximate surface area is 230 Å². The lowest BCUT2D eigenvalue weighted by Gasteiger charge is -2.17. The minimum absolute atomic E-state index is 0.360. The van der Waals surface area contributed by atoms with Crippen LogP contribution in [0.3, 0.4) is 0 Å². The summed E-state index contributed by atoms with van der Waals surface area (Å²) in [5, 5.41) is 9.32. The molecule has 38 heavy (non-hydrogen) atoms. The van der Waals surface area contributed by atoms with Crippen molar-refractivity contribution in [2.45, 2.75) is 45.4 Å². The second kappa shape index (κ2) is 10.3. The summed E-state index contributed by atoms with van der Waals surface area (Å²) in [6.07, 6.45) is 6.24. The average molecular weight is 540 g/mol. The Hall–Kier alpha value is -3.55.